The minimum Gasteiger partial charge on any atom is -0.497 e. The number of nitrogens with one attached hydrogen (secondary N) is 1. The molecule has 24 heavy (non-hydrogen) atoms. The first kappa shape index (κ1) is 18.5. The highest BCUT2D eigenvalue weighted by atomic mass is 127. The number of ether oxygens (including phenoxy) is 1. The average Bonchev–Trinajstić information content (AvgIpc) is 2.60. The Hall–Kier alpha value is -1.83. The van der Waals surface area contributed by atoms with Gasteiger partial charge < -0.3 is 15.8 Å². The zero-order valence-corrected chi connectivity index (χ0v) is 16.1. The molecule has 1 aromatic heterocycles. The summed E-state index contributed by atoms with van der Waals surface area (Å²) in [5, 5.41) is 3.07. The number of nitrogens with two attached hydrogens (primary N) is 1. The molecule has 3 N–H and O–H groups in total. The Kier molecular flexibility index (Phi) is 6.84. The van der Waals surface area contributed by atoms with E-state index >= 15 is 0 Å². The van der Waals surface area contributed by atoms with Gasteiger partial charge in [0.1, 0.15) is 5.75 Å². The largest absolute Gasteiger partial charge is 0.497 e. The summed E-state index contributed by atoms with van der Waals surface area (Å²) in [7, 11) is 1.64. The smallest absolute Gasteiger partial charge is 0.193 e. The topological polar surface area (TPSA) is 72.5 Å². The number of rotatable bonds is 4. The molecule has 0 aliphatic heterocycles. The van der Waals surface area contributed by atoms with Gasteiger partial charge in [0.2, 0.25) is 0 Å². The Morgan fingerprint density at radius 1 is 1.17 bits per heavy atom. The third-order valence-electron chi connectivity index (χ3n) is 4.01. The number of hydrogen-bond donors (Lipinski definition) is 2. The van der Waals surface area contributed by atoms with Gasteiger partial charge in [0.05, 0.1) is 19.3 Å². The molecule has 0 bridgehead atoms. The van der Waals surface area contributed by atoms with Gasteiger partial charge in [-0.05, 0) is 61.6 Å². The Morgan fingerprint density at radius 2 is 1.92 bits per heavy atom. The van der Waals surface area contributed by atoms with E-state index in [1.807, 2.05) is 30.3 Å². The number of aliphatic imine (C=N–C) groups is 1. The van der Waals surface area contributed by atoms with E-state index in [9.17, 15) is 0 Å². The molecule has 0 amide bonds. The Balaban J connectivity index is 0.00000208. The molecule has 0 unspecified atom stereocenters. The van der Waals surface area contributed by atoms with Gasteiger partial charge in [-0.2, -0.15) is 0 Å². The molecule has 128 valence electrons. The van der Waals surface area contributed by atoms with Gasteiger partial charge in [0, 0.05) is 11.4 Å². The van der Waals surface area contributed by atoms with Crippen LogP contribution in [0.15, 0.2) is 41.4 Å². The van der Waals surface area contributed by atoms with Gasteiger partial charge in [-0.15, -0.1) is 24.0 Å². The predicted molar refractivity (Wildman–Crippen MR) is 108 cm³/mol. The van der Waals surface area contributed by atoms with E-state index in [0.717, 1.165) is 30.0 Å². The maximum Gasteiger partial charge on any atom is 0.193 e. The number of nitrogens with zero attached hydrogens (tertiary/aromatic N) is 2. The van der Waals surface area contributed by atoms with Crippen LogP contribution in [-0.4, -0.2) is 18.1 Å². The molecule has 1 aromatic carbocycles. The van der Waals surface area contributed by atoms with E-state index in [2.05, 4.69) is 16.4 Å². The van der Waals surface area contributed by atoms with Gasteiger partial charge in [-0.1, -0.05) is 6.07 Å². The lowest BCUT2D eigenvalue weighted by Gasteiger charge is -2.15. The first-order valence-corrected chi connectivity index (χ1v) is 7.93. The molecular formula is C18H23IN4O. The van der Waals surface area contributed by atoms with E-state index < -0.39 is 0 Å². The number of pyridine rings is 1. The number of hydrogen-bond acceptors (Lipinski definition) is 3. The molecule has 0 saturated heterocycles. The molecule has 0 atom stereocenters. The van der Waals surface area contributed by atoms with Crippen molar-refractivity contribution in [2.45, 2.75) is 32.2 Å². The summed E-state index contributed by atoms with van der Waals surface area (Å²) >= 11 is 0. The highest BCUT2D eigenvalue weighted by molar-refractivity contribution is 14.0. The fourth-order valence-corrected chi connectivity index (χ4v) is 2.74. The summed E-state index contributed by atoms with van der Waals surface area (Å²) in [6.45, 7) is 0.488. The van der Waals surface area contributed by atoms with E-state index in [4.69, 9.17) is 15.5 Å². The number of fused-ring (bicyclic) bond motifs is 1. The minimum absolute atomic E-state index is 0. The quantitative estimate of drug-likeness (QED) is 0.436. The Bertz CT molecular complexity index is 701. The zero-order chi connectivity index (χ0) is 16.1. The van der Waals surface area contributed by atoms with Crippen molar-refractivity contribution in [1.82, 2.24) is 4.98 Å². The number of benzene rings is 1. The van der Waals surface area contributed by atoms with Crippen molar-refractivity contribution >= 4 is 35.6 Å². The second-order valence-electron chi connectivity index (χ2n) is 5.67. The van der Waals surface area contributed by atoms with E-state index in [1.165, 1.54) is 24.1 Å². The molecule has 1 aliphatic rings. The van der Waals surface area contributed by atoms with Crippen molar-refractivity contribution in [3.8, 4) is 5.75 Å². The van der Waals surface area contributed by atoms with Crippen LogP contribution < -0.4 is 15.8 Å². The second kappa shape index (κ2) is 8.86. The van der Waals surface area contributed by atoms with E-state index in [1.54, 1.807) is 7.11 Å². The number of methoxy groups -OCH3 is 1. The third-order valence-corrected chi connectivity index (χ3v) is 4.01. The molecule has 6 heteroatoms. The summed E-state index contributed by atoms with van der Waals surface area (Å²) in [6.07, 6.45) is 4.72. The van der Waals surface area contributed by atoms with Gasteiger partial charge in [-0.3, -0.25) is 4.98 Å². The molecule has 0 saturated carbocycles. The maximum atomic E-state index is 5.94. The summed E-state index contributed by atoms with van der Waals surface area (Å²) in [6, 6.07) is 11.8. The van der Waals surface area contributed by atoms with Crippen LogP contribution >= 0.6 is 24.0 Å². The maximum absolute atomic E-state index is 5.94. The minimum atomic E-state index is 0. The first-order valence-electron chi connectivity index (χ1n) is 7.93. The van der Waals surface area contributed by atoms with Crippen LogP contribution in [0, 0.1) is 0 Å². The molecular weight excluding hydrogens is 415 g/mol. The summed E-state index contributed by atoms with van der Waals surface area (Å²) in [5.41, 5.74) is 10.4. The lowest BCUT2D eigenvalue weighted by molar-refractivity contribution is 0.415. The summed E-state index contributed by atoms with van der Waals surface area (Å²) in [5.74, 6) is 1.19. The fraction of sp³-hybridized carbons (Fsp3) is 0.333. The number of anilines is 1. The highest BCUT2D eigenvalue weighted by Crippen LogP contribution is 2.20. The van der Waals surface area contributed by atoms with Crippen LogP contribution in [0.3, 0.4) is 0 Å². The SMILES string of the molecule is COc1ccc(NC(N)=NCc2ccc3c(n2)CCCC3)cc1.I. The van der Waals surface area contributed by atoms with E-state index in [-0.39, 0.29) is 24.0 Å². The van der Waals surface area contributed by atoms with Crippen LogP contribution in [0.4, 0.5) is 5.69 Å². The van der Waals surface area contributed by atoms with Gasteiger partial charge in [-0.25, -0.2) is 4.99 Å². The molecule has 3 rings (SSSR count). The normalized spacial score (nSPS) is 13.6. The average molecular weight is 438 g/mol. The second-order valence-corrected chi connectivity index (χ2v) is 5.67. The van der Waals surface area contributed by atoms with Gasteiger partial charge in [0.15, 0.2) is 5.96 Å². The Morgan fingerprint density at radius 3 is 2.67 bits per heavy atom. The summed E-state index contributed by atoms with van der Waals surface area (Å²) in [4.78, 5) is 9.08. The van der Waals surface area contributed by atoms with Crippen LogP contribution in [0.1, 0.15) is 29.8 Å². The van der Waals surface area contributed by atoms with Crippen molar-refractivity contribution < 1.29 is 4.74 Å². The molecule has 2 aromatic rings. The van der Waals surface area contributed by atoms with Gasteiger partial charge >= 0.3 is 0 Å². The van der Waals surface area contributed by atoms with Crippen molar-refractivity contribution in [2.75, 3.05) is 12.4 Å². The van der Waals surface area contributed by atoms with Crippen molar-refractivity contribution in [1.29, 1.82) is 0 Å². The standard InChI is InChI=1S/C18H22N4O.HI/c1-23-16-10-8-14(9-11-16)22-18(19)20-12-15-7-6-13-4-2-3-5-17(13)21-15;/h6-11H,2-5,12H2,1H3,(H3,19,20,22);1H. The van der Waals surface area contributed by atoms with Crippen LogP contribution in [-0.2, 0) is 19.4 Å². The van der Waals surface area contributed by atoms with Crippen LogP contribution in [0.2, 0.25) is 0 Å². The van der Waals surface area contributed by atoms with Crippen LogP contribution in [0.5, 0.6) is 5.75 Å². The number of guanidine groups is 1. The van der Waals surface area contributed by atoms with Crippen molar-refractivity contribution in [2.24, 2.45) is 10.7 Å². The fourth-order valence-electron chi connectivity index (χ4n) is 2.74. The number of halogens is 1. The van der Waals surface area contributed by atoms with Gasteiger partial charge in [0.25, 0.3) is 0 Å². The zero-order valence-electron chi connectivity index (χ0n) is 13.8. The third kappa shape index (κ3) is 4.83. The first-order chi connectivity index (χ1) is 11.2. The van der Waals surface area contributed by atoms with Crippen LogP contribution in [0.25, 0.3) is 0 Å². The molecule has 0 fully saturated rings. The Labute approximate surface area is 159 Å². The predicted octanol–water partition coefficient (Wildman–Crippen LogP) is 3.51. The van der Waals surface area contributed by atoms with Crippen molar-refractivity contribution in [3.63, 3.8) is 0 Å². The molecule has 0 radical (unpaired) electrons. The molecule has 1 heterocycles. The monoisotopic (exact) mass is 438 g/mol. The van der Waals surface area contributed by atoms with Crippen molar-refractivity contribution in [3.05, 3.63) is 53.3 Å². The molecule has 1 aliphatic carbocycles. The van der Waals surface area contributed by atoms with E-state index in [0.29, 0.717) is 12.5 Å². The molecule has 5 nitrogen and oxygen atoms in total. The lowest BCUT2D eigenvalue weighted by Crippen LogP contribution is -2.22. The number of aromatic nitrogens is 1. The molecule has 0 spiro atoms. The summed E-state index contributed by atoms with van der Waals surface area (Å²) < 4.78 is 5.13. The highest BCUT2D eigenvalue weighted by Gasteiger charge is 2.10. The number of aryl methyl sites for hydroxylation is 2. The lowest BCUT2D eigenvalue weighted by atomic mass is 9.96.